The highest BCUT2D eigenvalue weighted by atomic mass is 16.2. The zero-order valence-electron chi connectivity index (χ0n) is 14.3. The summed E-state index contributed by atoms with van der Waals surface area (Å²) in [5.41, 5.74) is 5.26. The zero-order valence-corrected chi connectivity index (χ0v) is 14.3. The smallest absolute Gasteiger partial charge is 0.235 e. The second-order valence-electron chi connectivity index (χ2n) is 6.88. The van der Waals surface area contributed by atoms with Crippen molar-refractivity contribution in [2.45, 2.75) is 51.9 Å². The summed E-state index contributed by atoms with van der Waals surface area (Å²) in [6.45, 7) is 6.23. The molecule has 23 heavy (non-hydrogen) atoms. The van der Waals surface area contributed by atoms with Crippen LogP contribution in [0, 0.1) is 20.8 Å². The topological polar surface area (TPSA) is 29.1 Å². The maximum absolute atomic E-state index is 13.2. The third-order valence-electron chi connectivity index (χ3n) is 5.13. The third kappa shape index (κ3) is 2.90. The SMILES string of the molecule is Cc1cc(C)c(NC(=O)C2(c3ccccc3)CCCC2)c(C)c1. The number of nitrogens with one attached hydrogen (secondary N) is 1. The number of hydrogen-bond donors (Lipinski definition) is 1. The summed E-state index contributed by atoms with van der Waals surface area (Å²) < 4.78 is 0. The summed E-state index contributed by atoms with van der Waals surface area (Å²) in [7, 11) is 0. The van der Waals surface area contributed by atoms with Crippen LogP contribution in [0.25, 0.3) is 0 Å². The molecule has 0 spiro atoms. The van der Waals surface area contributed by atoms with Gasteiger partial charge in [-0.05, 0) is 50.3 Å². The van der Waals surface area contributed by atoms with E-state index in [-0.39, 0.29) is 11.3 Å². The van der Waals surface area contributed by atoms with Crippen LogP contribution in [0.5, 0.6) is 0 Å². The van der Waals surface area contributed by atoms with Gasteiger partial charge in [-0.3, -0.25) is 4.79 Å². The van der Waals surface area contributed by atoms with Crippen LogP contribution in [0.3, 0.4) is 0 Å². The van der Waals surface area contributed by atoms with E-state index in [9.17, 15) is 4.79 Å². The van der Waals surface area contributed by atoms with Crippen LogP contribution < -0.4 is 5.32 Å². The summed E-state index contributed by atoms with van der Waals surface area (Å²) in [4.78, 5) is 13.2. The fourth-order valence-corrected chi connectivity index (χ4v) is 3.99. The molecule has 0 radical (unpaired) electrons. The minimum atomic E-state index is -0.370. The number of aryl methyl sites for hydroxylation is 3. The van der Waals surface area contributed by atoms with Gasteiger partial charge in [-0.1, -0.05) is 60.9 Å². The van der Waals surface area contributed by atoms with Crippen molar-refractivity contribution in [1.29, 1.82) is 0 Å². The minimum Gasteiger partial charge on any atom is -0.325 e. The van der Waals surface area contributed by atoms with Gasteiger partial charge in [-0.2, -0.15) is 0 Å². The molecule has 0 aromatic heterocycles. The molecular weight excluding hydrogens is 282 g/mol. The number of carbonyl (C=O) groups is 1. The van der Waals surface area contributed by atoms with Crippen molar-refractivity contribution in [2.75, 3.05) is 5.32 Å². The molecule has 1 N–H and O–H groups in total. The van der Waals surface area contributed by atoms with Gasteiger partial charge >= 0.3 is 0 Å². The normalized spacial score (nSPS) is 16.3. The van der Waals surface area contributed by atoms with Crippen molar-refractivity contribution in [3.63, 3.8) is 0 Å². The lowest BCUT2D eigenvalue weighted by Crippen LogP contribution is -2.38. The van der Waals surface area contributed by atoms with Crippen molar-refractivity contribution in [3.05, 3.63) is 64.7 Å². The lowest BCUT2D eigenvalue weighted by Gasteiger charge is -2.29. The van der Waals surface area contributed by atoms with E-state index >= 15 is 0 Å². The van der Waals surface area contributed by atoms with Crippen molar-refractivity contribution >= 4 is 11.6 Å². The average Bonchev–Trinajstić information content (AvgIpc) is 3.02. The van der Waals surface area contributed by atoms with Gasteiger partial charge in [0.05, 0.1) is 5.41 Å². The van der Waals surface area contributed by atoms with Gasteiger partial charge in [0.1, 0.15) is 0 Å². The number of amides is 1. The molecule has 120 valence electrons. The molecule has 3 rings (SSSR count). The minimum absolute atomic E-state index is 0.149. The number of carbonyl (C=O) groups excluding carboxylic acids is 1. The second-order valence-corrected chi connectivity index (χ2v) is 6.88. The molecule has 1 amide bonds. The summed E-state index contributed by atoms with van der Waals surface area (Å²) in [5.74, 6) is 0.149. The molecule has 0 bridgehead atoms. The molecular formula is C21H25NO. The third-order valence-corrected chi connectivity index (χ3v) is 5.13. The Morgan fingerprint density at radius 1 is 0.957 bits per heavy atom. The van der Waals surface area contributed by atoms with Gasteiger partial charge in [0.2, 0.25) is 5.91 Å². The first-order valence-corrected chi connectivity index (χ1v) is 8.48. The number of hydrogen-bond acceptors (Lipinski definition) is 1. The van der Waals surface area contributed by atoms with Crippen LogP contribution in [0.2, 0.25) is 0 Å². The Labute approximate surface area is 138 Å². The zero-order chi connectivity index (χ0) is 16.4. The summed E-state index contributed by atoms with van der Waals surface area (Å²) in [6, 6.07) is 14.5. The highest BCUT2D eigenvalue weighted by Gasteiger charge is 2.42. The molecule has 0 heterocycles. The molecule has 0 atom stereocenters. The fraction of sp³-hybridized carbons (Fsp3) is 0.381. The van der Waals surface area contributed by atoms with Gasteiger partial charge in [0.25, 0.3) is 0 Å². The van der Waals surface area contributed by atoms with Gasteiger partial charge in [0, 0.05) is 5.69 Å². The average molecular weight is 307 g/mol. The Kier molecular flexibility index (Phi) is 4.25. The Morgan fingerprint density at radius 3 is 2.09 bits per heavy atom. The molecule has 1 fully saturated rings. The largest absolute Gasteiger partial charge is 0.325 e. The van der Waals surface area contributed by atoms with E-state index in [1.165, 1.54) is 5.56 Å². The summed E-state index contributed by atoms with van der Waals surface area (Å²) in [5, 5.41) is 3.25. The van der Waals surface area contributed by atoms with E-state index in [0.29, 0.717) is 0 Å². The maximum atomic E-state index is 13.2. The van der Waals surface area contributed by atoms with E-state index in [1.54, 1.807) is 0 Å². The molecule has 2 aromatic carbocycles. The molecule has 0 aliphatic heterocycles. The van der Waals surface area contributed by atoms with E-state index in [4.69, 9.17) is 0 Å². The molecule has 1 saturated carbocycles. The highest BCUT2D eigenvalue weighted by molar-refractivity contribution is 6.00. The van der Waals surface area contributed by atoms with Crippen molar-refractivity contribution < 1.29 is 4.79 Å². The van der Waals surface area contributed by atoms with Gasteiger partial charge in [-0.15, -0.1) is 0 Å². The molecule has 1 aliphatic carbocycles. The van der Waals surface area contributed by atoms with Crippen LogP contribution in [0.1, 0.15) is 47.9 Å². The van der Waals surface area contributed by atoms with E-state index in [2.05, 4.69) is 50.4 Å². The molecule has 0 saturated heterocycles. The van der Waals surface area contributed by atoms with Crippen LogP contribution in [0.15, 0.2) is 42.5 Å². The highest BCUT2D eigenvalue weighted by Crippen LogP contribution is 2.42. The molecule has 1 aliphatic rings. The number of benzene rings is 2. The first-order chi connectivity index (χ1) is 11.0. The van der Waals surface area contributed by atoms with Crippen LogP contribution in [-0.2, 0) is 10.2 Å². The fourth-order valence-electron chi connectivity index (χ4n) is 3.99. The monoisotopic (exact) mass is 307 g/mol. The lowest BCUT2D eigenvalue weighted by atomic mass is 9.78. The van der Waals surface area contributed by atoms with E-state index in [0.717, 1.165) is 48.1 Å². The number of rotatable bonds is 3. The summed E-state index contributed by atoms with van der Waals surface area (Å²) in [6.07, 6.45) is 4.11. The van der Waals surface area contributed by atoms with Gasteiger partial charge in [0.15, 0.2) is 0 Å². The Bertz CT molecular complexity index is 689. The lowest BCUT2D eigenvalue weighted by molar-refractivity contribution is -0.121. The molecule has 2 heteroatoms. The Morgan fingerprint density at radius 2 is 1.52 bits per heavy atom. The van der Waals surface area contributed by atoms with Crippen LogP contribution in [-0.4, -0.2) is 5.91 Å². The first-order valence-electron chi connectivity index (χ1n) is 8.48. The first kappa shape index (κ1) is 15.8. The Balaban J connectivity index is 1.95. The van der Waals surface area contributed by atoms with E-state index < -0.39 is 0 Å². The molecule has 2 nitrogen and oxygen atoms in total. The maximum Gasteiger partial charge on any atom is 0.235 e. The van der Waals surface area contributed by atoms with Crippen LogP contribution >= 0.6 is 0 Å². The second kappa shape index (κ2) is 6.19. The predicted molar refractivity (Wildman–Crippen MR) is 95.9 cm³/mol. The van der Waals surface area contributed by atoms with Gasteiger partial charge < -0.3 is 5.32 Å². The van der Waals surface area contributed by atoms with Crippen molar-refractivity contribution in [2.24, 2.45) is 0 Å². The number of anilines is 1. The predicted octanol–water partition coefficient (Wildman–Crippen LogP) is 5.06. The molecule has 0 unspecified atom stereocenters. The quantitative estimate of drug-likeness (QED) is 0.843. The Hall–Kier alpha value is -2.09. The van der Waals surface area contributed by atoms with Gasteiger partial charge in [-0.25, -0.2) is 0 Å². The van der Waals surface area contributed by atoms with Crippen molar-refractivity contribution in [1.82, 2.24) is 0 Å². The van der Waals surface area contributed by atoms with Crippen LogP contribution in [0.4, 0.5) is 5.69 Å². The van der Waals surface area contributed by atoms with E-state index in [1.807, 2.05) is 18.2 Å². The summed E-state index contributed by atoms with van der Waals surface area (Å²) >= 11 is 0. The van der Waals surface area contributed by atoms with Crippen molar-refractivity contribution in [3.8, 4) is 0 Å². The molecule has 2 aromatic rings. The standard InChI is InChI=1S/C21H25NO/c1-15-13-16(2)19(17(3)14-15)22-20(23)21(11-7-8-12-21)18-9-5-4-6-10-18/h4-6,9-10,13-14H,7-8,11-12H2,1-3H3,(H,22,23).